The van der Waals surface area contributed by atoms with Crippen LogP contribution < -0.4 is 16.1 Å². The van der Waals surface area contributed by atoms with Crippen LogP contribution in [0.25, 0.3) is 0 Å². The molecule has 0 unspecified atom stereocenters. The smallest absolute Gasteiger partial charge is 0.397 e. The maximum atomic E-state index is 11.7. The van der Waals surface area contributed by atoms with Crippen molar-refractivity contribution in [3.63, 3.8) is 0 Å². The highest BCUT2D eigenvalue weighted by molar-refractivity contribution is 5.78. The lowest BCUT2D eigenvalue weighted by Crippen LogP contribution is -2.50. The molecule has 0 saturated heterocycles. The Morgan fingerprint density at radius 1 is 1.39 bits per heavy atom. The molecule has 0 bridgehead atoms. The van der Waals surface area contributed by atoms with Crippen LogP contribution >= 0.6 is 0 Å². The summed E-state index contributed by atoms with van der Waals surface area (Å²) in [5, 5.41) is 9.20. The van der Waals surface area contributed by atoms with Crippen LogP contribution in [0.15, 0.2) is 15.8 Å². The molecule has 8 nitrogen and oxygen atoms in total. The van der Waals surface area contributed by atoms with Crippen LogP contribution in [-0.4, -0.2) is 33.3 Å². The third kappa shape index (κ3) is 2.43. The summed E-state index contributed by atoms with van der Waals surface area (Å²) >= 11 is 0. The Morgan fingerprint density at radius 2 is 1.94 bits per heavy atom. The fourth-order valence-corrected chi connectivity index (χ4v) is 0.991. The summed E-state index contributed by atoms with van der Waals surface area (Å²) in [6, 6.07) is 0. The van der Waals surface area contributed by atoms with Gasteiger partial charge >= 0.3 is 11.7 Å². The second-order valence-electron chi connectivity index (χ2n) is 4.13. The maximum Gasteiger partial charge on any atom is 0.397 e. The van der Waals surface area contributed by atoms with Crippen molar-refractivity contribution in [3.8, 4) is 0 Å². The highest BCUT2D eigenvalue weighted by Gasteiger charge is 2.31. The molecule has 1 heterocycles. The van der Waals surface area contributed by atoms with Gasteiger partial charge in [0.1, 0.15) is 0 Å². The van der Waals surface area contributed by atoms with Crippen LogP contribution in [0, 0.1) is 6.92 Å². The number of aromatic nitrogens is 2. The third-order valence-corrected chi connectivity index (χ3v) is 2.38. The monoisotopic (exact) mass is 258 g/mol. The van der Waals surface area contributed by atoms with Crippen molar-refractivity contribution in [1.82, 2.24) is 9.46 Å². The summed E-state index contributed by atoms with van der Waals surface area (Å²) in [5.41, 5.74) is -3.29. The fraction of sp³-hybridized carbons (Fsp3) is 0.500. The Hall–Kier alpha value is -2.09. The highest BCUT2D eigenvalue weighted by Crippen LogP contribution is 2.07. The third-order valence-electron chi connectivity index (χ3n) is 2.38. The SMILES string of the molecule is COC(C)(C)C(=O)On1c(=O)c(C)cn(O)c1=O. The Balaban J connectivity index is 3.26. The largest absolute Gasteiger partial charge is 0.424 e. The van der Waals surface area contributed by atoms with Crippen LogP contribution in [0.1, 0.15) is 19.4 Å². The summed E-state index contributed by atoms with van der Waals surface area (Å²) in [7, 11) is 1.28. The van der Waals surface area contributed by atoms with E-state index in [9.17, 15) is 19.6 Å². The predicted octanol–water partition coefficient (Wildman–Crippen LogP) is -1.06. The molecule has 1 rings (SSSR count). The van der Waals surface area contributed by atoms with E-state index in [2.05, 4.69) is 4.84 Å². The van der Waals surface area contributed by atoms with E-state index in [0.717, 1.165) is 6.20 Å². The number of hydrogen-bond acceptors (Lipinski definition) is 6. The van der Waals surface area contributed by atoms with Gasteiger partial charge in [-0.25, -0.2) is 9.59 Å². The number of carbonyl (C=O) groups is 1. The first kappa shape index (κ1) is 14.0. The molecule has 0 aliphatic carbocycles. The van der Waals surface area contributed by atoms with Crippen LogP contribution in [-0.2, 0) is 9.53 Å². The first-order chi connectivity index (χ1) is 8.20. The molecular formula is C10H14N2O6. The van der Waals surface area contributed by atoms with Crippen LogP contribution in [0.3, 0.4) is 0 Å². The van der Waals surface area contributed by atoms with Crippen molar-refractivity contribution in [2.45, 2.75) is 26.4 Å². The zero-order valence-corrected chi connectivity index (χ0v) is 10.5. The molecule has 0 saturated carbocycles. The minimum absolute atomic E-state index is 0.0418. The molecule has 100 valence electrons. The molecule has 8 heteroatoms. The summed E-state index contributed by atoms with van der Waals surface area (Å²) in [6.45, 7) is 4.18. The molecule has 0 amide bonds. The van der Waals surface area contributed by atoms with Gasteiger partial charge in [0.25, 0.3) is 5.56 Å². The molecule has 0 aliphatic heterocycles. The van der Waals surface area contributed by atoms with E-state index < -0.39 is 22.8 Å². The number of hydrogen-bond donors (Lipinski definition) is 1. The van der Waals surface area contributed by atoms with Crippen molar-refractivity contribution >= 4 is 5.97 Å². The van der Waals surface area contributed by atoms with Gasteiger partial charge in [0.15, 0.2) is 5.60 Å². The Labute approximate surface area is 102 Å². The number of nitrogens with zero attached hydrogens (tertiary/aromatic N) is 2. The Bertz CT molecular complexity index is 549. The summed E-state index contributed by atoms with van der Waals surface area (Å²) in [5.74, 6) is -0.935. The van der Waals surface area contributed by atoms with Gasteiger partial charge in [-0.15, -0.1) is 4.73 Å². The minimum atomic E-state index is -1.32. The zero-order chi connectivity index (χ0) is 14.1. The topological polar surface area (TPSA) is 99.8 Å². The van der Waals surface area contributed by atoms with Crippen LogP contribution in [0.5, 0.6) is 0 Å². The van der Waals surface area contributed by atoms with Crippen molar-refractivity contribution in [1.29, 1.82) is 0 Å². The molecule has 1 N–H and O–H groups in total. The van der Waals surface area contributed by atoms with Gasteiger partial charge in [0, 0.05) is 12.7 Å². The fourth-order valence-electron chi connectivity index (χ4n) is 0.991. The quantitative estimate of drug-likeness (QED) is 0.693. The Morgan fingerprint density at radius 3 is 2.44 bits per heavy atom. The second kappa shape index (κ2) is 4.65. The predicted molar refractivity (Wildman–Crippen MR) is 59.6 cm³/mol. The maximum absolute atomic E-state index is 11.7. The number of methoxy groups -OCH3 is 1. The molecule has 1 aromatic rings. The lowest BCUT2D eigenvalue weighted by atomic mass is 10.1. The molecule has 0 atom stereocenters. The first-order valence-corrected chi connectivity index (χ1v) is 5.03. The second-order valence-corrected chi connectivity index (χ2v) is 4.13. The summed E-state index contributed by atoms with van der Waals surface area (Å²) in [4.78, 5) is 39.4. The Kier molecular flexibility index (Phi) is 3.61. The zero-order valence-electron chi connectivity index (χ0n) is 10.5. The van der Waals surface area contributed by atoms with E-state index in [-0.39, 0.29) is 15.0 Å². The summed E-state index contributed by atoms with van der Waals surface area (Å²) in [6.07, 6.45) is 0.927. The average molecular weight is 258 g/mol. The number of ether oxygens (including phenoxy) is 1. The number of carbonyl (C=O) groups excluding carboxylic acids is 1. The average Bonchev–Trinajstić information content (AvgIpc) is 2.31. The van der Waals surface area contributed by atoms with Gasteiger partial charge < -0.3 is 14.8 Å². The van der Waals surface area contributed by atoms with Gasteiger partial charge in [-0.05, 0) is 20.8 Å². The molecule has 0 spiro atoms. The van der Waals surface area contributed by atoms with Crippen molar-refractivity contribution < 1.29 is 19.6 Å². The molecule has 0 radical (unpaired) electrons. The first-order valence-electron chi connectivity index (χ1n) is 5.03. The van der Waals surface area contributed by atoms with E-state index in [1.165, 1.54) is 27.9 Å². The number of rotatable bonds is 3. The molecule has 0 aromatic carbocycles. The van der Waals surface area contributed by atoms with Crippen molar-refractivity contribution in [2.75, 3.05) is 7.11 Å². The molecular weight excluding hydrogens is 244 g/mol. The van der Waals surface area contributed by atoms with E-state index in [1.807, 2.05) is 0 Å². The van der Waals surface area contributed by atoms with Gasteiger partial charge in [-0.1, -0.05) is 4.73 Å². The van der Waals surface area contributed by atoms with Crippen LogP contribution in [0.4, 0.5) is 0 Å². The van der Waals surface area contributed by atoms with E-state index >= 15 is 0 Å². The van der Waals surface area contributed by atoms with E-state index in [0.29, 0.717) is 0 Å². The normalized spacial score (nSPS) is 11.3. The summed E-state index contributed by atoms with van der Waals surface area (Å²) < 4.78 is 5.19. The lowest BCUT2D eigenvalue weighted by Gasteiger charge is -2.20. The standard InChI is InChI=1S/C10H14N2O6/c1-6-5-11(16)9(15)12(7(6)13)18-8(14)10(2,3)17-4/h5,16H,1-4H3. The van der Waals surface area contributed by atoms with Crippen LogP contribution in [0.2, 0.25) is 0 Å². The van der Waals surface area contributed by atoms with Crippen molar-refractivity contribution in [2.24, 2.45) is 0 Å². The van der Waals surface area contributed by atoms with Gasteiger partial charge in [0.2, 0.25) is 0 Å². The molecule has 0 aliphatic rings. The number of aryl methyl sites for hydroxylation is 1. The van der Waals surface area contributed by atoms with Gasteiger partial charge in [-0.3, -0.25) is 4.79 Å². The minimum Gasteiger partial charge on any atom is -0.424 e. The van der Waals surface area contributed by atoms with E-state index in [4.69, 9.17) is 4.74 Å². The highest BCUT2D eigenvalue weighted by atomic mass is 16.7. The molecule has 0 fully saturated rings. The van der Waals surface area contributed by atoms with Gasteiger partial charge in [0.05, 0.1) is 6.20 Å². The van der Waals surface area contributed by atoms with Crippen molar-refractivity contribution in [3.05, 3.63) is 32.6 Å². The molecule has 18 heavy (non-hydrogen) atoms. The molecule has 1 aromatic heterocycles. The lowest BCUT2D eigenvalue weighted by molar-refractivity contribution is -0.167. The van der Waals surface area contributed by atoms with Gasteiger partial charge in [-0.2, -0.15) is 0 Å². The van der Waals surface area contributed by atoms with E-state index in [1.54, 1.807) is 0 Å².